The highest BCUT2D eigenvalue weighted by Gasteiger charge is 2.23. The van der Waals surface area contributed by atoms with Crippen molar-refractivity contribution in [2.75, 3.05) is 5.32 Å². The Bertz CT molecular complexity index is 652. The molecule has 0 spiro atoms. The van der Waals surface area contributed by atoms with Gasteiger partial charge in [-0.3, -0.25) is 4.79 Å². The van der Waals surface area contributed by atoms with Crippen LogP contribution in [0.25, 0.3) is 0 Å². The van der Waals surface area contributed by atoms with Crippen molar-refractivity contribution in [1.29, 1.82) is 0 Å². The molecule has 2 nitrogen and oxygen atoms in total. The summed E-state index contributed by atoms with van der Waals surface area (Å²) in [5.74, 6) is -0.271. The van der Waals surface area contributed by atoms with Gasteiger partial charge in [-0.2, -0.15) is 0 Å². The number of nitrogens with one attached hydrogen (secondary N) is 1. The third-order valence-electron chi connectivity index (χ3n) is 3.27. The Labute approximate surface area is 121 Å². The predicted molar refractivity (Wildman–Crippen MR) is 78.8 cm³/mol. The topological polar surface area (TPSA) is 29.1 Å². The van der Waals surface area contributed by atoms with Crippen LogP contribution in [0.4, 0.5) is 11.4 Å². The second kappa shape index (κ2) is 4.87. The Kier molecular flexibility index (Phi) is 3.21. The zero-order valence-electron chi connectivity index (χ0n) is 9.99. The minimum atomic E-state index is -1.04. The average molecular weight is 292 g/mol. The smallest absolute Gasteiger partial charge is 0.197 e. The summed E-state index contributed by atoms with van der Waals surface area (Å²) in [5, 5.41) is 3.31. The van der Waals surface area contributed by atoms with Crippen LogP contribution in [-0.2, 0) is 6.42 Å². The molecule has 2 aromatic rings. The number of hydrogen-bond donors (Lipinski definition) is 1. The molecule has 3 rings (SSSR count). The second-order valence-electron chi connectivity index (χ2n) is 4.46. The summed E-state index contributed by atoms with van der Waals surface area (Å²) >= 11 is 11.4. The van der Waals surface area contributed by atoms with E-state index < -0.39 is 4.84 Å². The van der Waals surface area contributed by atoms with Crippen LogP contribution < -0.4 is 5.32 Å². The quantitative estimate of drug-likeness (QED) is 0.563. The third kappa shape index (κ3) is 2.22. The number of carbonyl (C=O) groups is 1. The predicted octanol–water partition coefficient (Wildman–Crippen LogP) is 4.32. The van der Waals surface area contributed by atoms with Gasteiger partial charge in [0.2, 0.25) is 0 Å². The lowest BCUT2D eigenvalue weighted by atomic mass is 9.94. The van der Waals surface area contributed by atoms with Crippen molar-refractivity contribution in [3.8, 4) is 0 Å². The van der Waals surface area contributed by atoms with Crippen LogP contribution in [0.2, 0.25) is 0 Å². The van der Waals surface area contributed by atoms with Crippen molar-refractivity contribution in [3.63, 3.8) is 0 Å². The third-order valence-corrected chi connectivity index (χ3v) is 3.67. The zero-order chi connectivity index (χ0) is 13.4. The number of para-hydroxylation sites is 2. The lowest BCUT2D eigenvalue weighted by Crippen LogP contribution is -2.15. The molecule has 0 aromatic heterocycles. The van der Waals surface area contributed by atoms with Gasteiger partial charge in [-0.05, 0) is 23.3 Å². The first-order valence-corrected chi connectivity index (χ1v) is 6.83. The monoisotopic (exact) mass is 291 g/mol. The summed E-state index contributed by atoms with van der Waals surface area (Å²) in [4.78, 5) is 11.0. The Morgan fingerprint density at radius 3 is 2.58 bits per heavy atom. The Morgan fingerprint density at radius 1 is 1.05 bits per heavy atom. The van der Waals surface area contributed by atoms with Gasteiger partial charge in [0.25, 0.3) is 0 Å². The first-order valence-electron chi connectivity index (χ1n) is 5.96. The molecule has 0 unspecified atom stereocenters. The van der Waals surface area contributed by atoms with E-state index in [4.69, 9.17) is 23.2 Å². The molecule has 0 aliphatic carbocycles. The molecule has 0 radical (unpaired) electrons. The number of hydrogen-bond acceptors (Lipinski definition) is 2. The average Bonchev–Trinajstić information content (AvgIpc) is 2.43. The van der Waals surface area contributed by atoms with Gasteiger partial charge in [0.05, 0.1) is 5.69 Å². The maximum absolute atomic E-state index is 12.0. The van der Waals surface area contributed by atoms with E-state index >= 15 is 0 Å². The molecule has 96 valence electrons. The molecular weight excluding hydrogens is 281 g/mol. The molecule has 1 aliphatic heterocycles. The standard InChI is InChI=1S/C15H11Cl2NO/c16-15(17)14(19)11-6-3-5-10-8-9-4-1-2-7-12(9)18-13(10)11/h1-7,15,18H,8H2. The molecule has 1 N–H and O–H groups in total. The van der Waals surface area contributed by atoms with E-state index in [1.807, 2.05) is 30.3 Å². The van der Waals surface area contributed by atoms with Crippen LogP contribution in [0.15, 0.2) is 42.5 Å². The number of ketones is 1. The molecule has 0 saturated carbocycles. The van der Waals surface area contributed by atoms with E-state index in [9.17, 15) is 4.79 Å². The SMILES string of the molecule is O=C(c1cccc2c1Nc1ccccc1C2)C(Cl)Cl. The van der Waals surface area contributed by atoms with Crippen LogP contribution >= 0.6 is 23.2 Å². The number of anilines is 2. The van der Waals surface area contributed by atoms with Crippen molar-refractivity contribution >= 4 is 40.4 Å². The van der Waals surface area contributed by atoms with Gasteiger partial charge < -0.3 is 5.32 Å². The summed E-state index contributed by atoms with van der Waals surface area (Å²) in [5.41, 5.74) is 4.68. The number of benzene rings is 2. The van der Waals surface area contributed by atoms with E-state index in [2.05, 4.69) is 11.4 Å². The van der Waals surface area contributed by atoms with Gasteiger partial charge in [0, 0.05) is 17.7 Å². The molecule has 19 heavy (non-hydrogen) atoms. The van der Waals surface area contributed by atoms with Crippen molar-refractivity contribution in [1.82, 2.24) is 0 Å². The number of halogens is 2. The molecule has 2 aromatic carbocycles. The minimum absolute atomic E-state index is 0.271. The summed E-state index contributed by atoms with van der Waals surface area (Å²) < 4.78 is 0. The number of alkyl halides is 2. The fourth-order valence-electron chi connectivity index (χ4n) is 2.35. The minimum Gasteiger partial charge on any atom is -0.354 e. The maximum Gasteiger partial charge on any atom is 0.197 e. The zero-order valence-corrected chi connectivity index (χ0v) is 11.5. The number of Topliss-reactive ketones (excluding diaryl/α,β-unsaturated/α-hetero) is 1. The van der Waals surface area contributed by atoms with E-state index in [1.165, 1.54) is 5.56 Å². The molecule has 4 heteroatoms. The highest BCUT2D eigenvalue weighted by molar-refractivity contribution is 6.55. The summed E-state index contributed by atoms with van der Waals surface area (Å²) in [6.07, 6.45) is 0.800. The first kappa shape index (κ1) is 12.5. The highest BCUT2D eigenvalue weighted by Crippen LogP contribution is 2.35. The highest BCUT2D eigenvalue weighted by atomic mass is 35.5. The molecule has 0 fully saturated rings. The van der Waals surface area contributed by atoms with Gasteiger partial charge in [0.15, 0.2) is 10.6 Å². The van der Waals surface area contributed by atoms with Crippen molar-refractivity contribution in [2.24, 2.45) is 0 Å². The van der Waals surface area contributed by atoms with Crippen LogP contribution in [-0.4, -0.2) is 10.6 Å². The van der Waals surface area contributed by atoms with Gasteiger partial charge in [0.1, 0.15) is 0 Å². The van der Waals surface area contributed by atoms with Crippen LogP contribution in [0, 0.1) is 0 Å². The van der Waals surface area contributed by atoms with Crippen LogP contribution in [0.3, 0.4) is 0 Å². The fourth-order valence-corrected chi connectivity index (χ4v) is 2.59. The molecular formula is C15H11Cl2NO. The number of carbonyl (C=O) groups excluding carboxylic acids is 1. The largest absolute Gasteiger partial charge is 0.354 e. The van der Waals surface area contributed by atoms with E-state index in [0.717, 1.165) is 23.4 Å². The van der Waals surface area contributed by atoms with E-state index in [-0.39, 0.29) is 5.78 Å². The maximum atomic E-state index is 12.0. The normalized spacial score (nSPS) is 12.6. The molecule has 0 amide bonds. The molecule has 0 atom stereocenters. The van der Waals surface area contributed by atoms with Gasteiger partial charge in [-0.15, -0.1) is 0 Å². The van der Waals surface area contributed by atoms with Crippen molar-refractivity contribution in [3.05, 3.63) is 59.2 Å². The molecule has 0 bridgehead atoms. The molecule has 0 saturated heterocycles. The molecule has 1 aliphatic rings. The van der Waals surface area contributed by atoms with Crippen LogP contribution in [0.5, 0.6) is 0 Å². The van der Waals surface area contributed by atoms with Crippen LogP contribution in [0.1, 0.15) is 21.5 Å². The number of fused-ring (bicyclic) bond motifs is 2. The Hall–Kier alpha value is -1.51. The van der Waals surface area contributed by atoms with E-state index in [0.29, 0.717) is 5.56 Å². The van der Waals surface area contributed by atoms with Crippen molar-refractivity contribution < 1.29 is 4.79 Å². The van der Waals surface area contributed by atoms with Crippen molar-refractivity contribution in [2.45, 2.75) is 11.3 Å². The summed E-state index contributed by atoms with van der Waals surface area (Å²) in [6.45, 7) is 0. The Morgan fingerprint density at radius 2 is 1.79 bits per heavy atom. The van der Waals surface area contributed by atoms with E-state index in [1.54, 1.807) is 6.07 Å². The fraction of sp³-hybridized carbons (Fsp3) is 0.133. The summed E-state index contributed by atoms with van der Waals surface area (Å²) in [6, 6.07) is 13.7. The van der Waals surface area contributed by atoms with Gasteiger partial charge >= 0.3 is 0 Å². The Balaban J connectivity index is 2.09. The van der Waals surface area contributed by atoms with Gasteiger partial charge in [-0.1, -0.05) is 53.5 Å². The lowest BCUT2D eigenvalue weighted by Gasteiger charge is -2.23. The first-order chi connectivity index (χ1) is 9.16. The summed E-state index contributed by atoms with van der Waals surface area (Å²) in [7, 11) is 0. The lowest BCUT2D eigenvalue weighted by molar-refractivity contribution is 0.101. The van der Waals surface area contributed by atoms with Gasteiger partial charge in [-0.25, -0.2) is 0 Å². The second-order valence-corrected chi connectivity index (χ2v) is 5.56. The molecule has 1 heterocycles. The number of rotatable bonds is 2.